The Kier molecular flexibility index (Phi) is 13.7. The van der Waals surface area contributed by atoms with Gasteiger partial charge in [-0.05, 0) is 11.5 Å². The fourth-order valence-corrected chi connectivity index (χ4v) is 2.46. The second-order valence-corrected chi connectivity index (χ2v) is 5.95. The molecule has 2 aromatic rings. The van der Waals surface area contributed by atoms with Crippen molar-refractivity contribution in [3.05, 3.63) is 96.8 Å². The van der Waals surface area contributed by atoms with E-state index in [1.54, 1.807) is 0 Å². The van der Waals surface area contributed by atoms with Crippen molar-refractivity contribution in [1.82, 2.24) is 0 Å². The van der Waals surface area contributed by atoms with Crippen molar-refractivity contribution in [3.8, 4) is 0 Å². The van der Waals surface area contributed by atoms with Crippen LogP contribution in [0, 0.1) is 19.9 Å². The number of unbranched alkanes of at least 4 members (excludes halogenated alkanes) is 2. The first-order valence-electron chi connectivity index (χ1n) is 9.02. The fourth-order valence-electron chi connectivity index (χ4n) is 2.46. The SMILES string of the molecule is CC1=[C-]c2ccccc2C1c1ccccc1.[CH2-]CCC.[CH2-]CCC.[Zr+3]. The summed E-state index contributed by atoms with van der Waals surface area (Å²) in [5.74, 6) is 0.400. The summed E-state index contributed by atoms with van der Waals surface area (Å²) in [6, 6.07) is 19.2. The standard InChI is InChI=1S/C16H13.2C4H9.Zr/c1-12-11-14-9-5-6-10-15(14)16(12)13-7-3-2-4-8-13;2*1-3-4-2;/h2-10,16H,1H3;2*1,3-4H2,2H3;/q3*-1;+3. The van der Waals surface area contributed by atoms with E-state index in [0.29, 0.717) is 5.92 Å². The van der Waals surface area contributed by atoms with Gasteiger partial charge in [0.15, 0.2) is 0 Å². The van der Waals surface area contributed by atoms with E-state index in [9.17, 15) is 0 Å². The number of hydrogen-bond donors (Lipinski definition) is 0. The molecule has 1 radical (unpaired) electrons. The summed E-state index contributed by atoms with van der Waals surface area (Å²) < 4.78 is 0. The maximum Gasteiger partial charge on any atom is 3.00 e. The molecule has 1 heteroatoms. The second kappa shape index (κ2) is 14.3. The third-order valence-corrected chi connectivity index (χ3v) is 3.88. The monoisotopic (exact) mass is 409 g/mol. The number of rotatable bonds is 3. The smallest absolute Gasteiger partial charge is 0.343 e. The van der Waals surface area contributed by atoms with Gasteiger partial charge in [-0.2, -0.15) is 30.5 Å². The third kappa shape index (κ3) is 7.87. The van der Waals surface area contributed by atoms with Crippen LogP contribution in [-0.2, 0) is 26.2 Å². The molecule has 0 nitrogen and oxygen atoms in total. The minimum atomic E-state index is 0. The number of benzene rings is 2. The average molecular weight is 411 g/mol. The van der Waals surface area contributed by atoms with Gasteiger partial charge in [0.1, 0.15) is 0 Å². The quantitative estimate of drug-likeness (QED) is 0.470. The van der Waals surface area contributed by atoms with E-state index < -0.39 is 0 Å². The van der Waals surface area contributed by atoms with Crippen LogP contribution in [0.1, 0.15) is 69.1 Å². The summed E-state index contributed by atoms with van der Waals surface area (Å²) in [5, 5.41) is 0. The molecule has 0 heterocycles. The normalized spacial score (nSPS) is 14.0. The predicted molar refractivity (Wildman–Crippen MR) is 107 cm³/mol. The van der Waals surface area contributed by atoms with Gasteiger partial charge in [0.2, 0.25) is 0 Å². The van der Waals surface area contributed by atoms with Crippen LogP contribution in [0.3, 0.4) is 0 Å². The van der Waals surface area contributed by atoms with Crippen LogP contribution in [0.15, 0.2) is 60.2 Å². The molecule has 0 saturated carbocycles. The van der Waals surface area contributed by atoms with Crippen molar-refractivity contribution in [3.63, 3.8) is 0 Å². The Bertz CT molecular complexity index is 591. The van der Waals surface area contributed by atoms with Gasteiger partial charge in [-0.15, -0.1) is 23.3 Å². The third-order valence-electron chi connectivity index (χ3n) is 3.88. The molecular weight excluding hydrogens is 379 g/mol. The fraction of sp³-hybridized carbons (Fsp3) is 0.333. The van der Waals surface area contributed by atoms with Crippen molar-refractivity contribution in [2.24, 2.45) is 0 Å². The Labute approximate surface area is 174 Å². The van der Waals surface area contributed by atoms with Crippen molar-refractivity contribution >= 4 is 0 Å². The molecule has 0 fully saturated rings. The van der Waals surface area contributed by atoms with Crippen LogP contribution in [0.2, 0.25) is 0 Å². The maximum absolute atomic E-state index is 3.60. The van der Waals surface area contributed by atoms with Gasteiger partial charge in [0.25, 0.3) is 0 Å². The van der Waals surface area contributed by atoms with Crippen LogP contribution in [-0.4, -0.2) is 0 Å². The zero-order valence-corrected chi connectivity index (χ0v) is 18.5. The Morgan fingerprint density at radius 2 is 1.32 bits per heavy atom. The maximum atomic E-state index is 3.60. The largest absolute Gasteiger partial charge is 3.00 e. The molecule has 25 heavy (non-hydrogen) atoms. The van der Waals surface area contributed by atoms with Crippen molar-refractivity contribution in [2.45, 2.75) is 52.4 Å². The molecule has 3 rings (SSSR count). The first-order chi connectivity index (χ1) is 11.7. The van der Waals surface area contributed by atoms with Crippen molar-refractivity contribution < 1.29 is 26.2 Å². The summed E-state index contributed by atoms with van der Waals surface area (Å²) in [5.41, 5.74) is 5.30. The van der Waals surface area contributed by atoms with E-state index in [2.05, 4.69) is 95.3 Å². The Morgan fingerprint density at radius 1 is 0.840 bits per heavy atom. The van der Waals surface area contributed by atoms with E-state index in [-0.39, 0.29) is 26.2 Å². The molecule has 0 aliphatic heterocycles. The van der Waals surface area contributed by atoms with Gasteiger partial charge in [0.05, 0.1) is 0 Å². The minimum Gasteiger partial charge on any atom is -0.343 e. The number of hydrogen-bond acceptors (Lipinski definition) is 0. The summed E-state index contributed by atoms with van der Waals surface area (Å²) in [6.07, 6.45) is 8.02. The molecule has 1 unspecified atom stereocenters. The average Bonchev–Trinajstić information content (AvgIpc) is 2.98. The molecule has 1 aliphatic carbocycles. The van der Waals surface area contributed by atoms with Crippen LogP contribution < -0.4 is 0 Å². The Morgan fingerprint density at radius 3 is 1.84 bits per heavy atom. The Balaban J connectivity index is 0.000000549. The molecule has 0 aromatic heterocycles. The van der Waals surface area contributed by atoms with Gasteiger partial charge < -0.3 is 13.8 Å². The first kappa shape index (κ1) is 24.1. The van der Waals surface area contributed by atoms with E-state index >= 15 is 0 Å². The summed E-state index contributed by atoms with van der Waals surface area (Å²) in [6.45, 7) is 13.6. The van der Waals surface area contributed by atoms with Crippen LogP contribution in [0.4, 0.5) is 0 Å². The number of allylic oxidation sites excluding steroid dienone is 1. The van der Waals surface area contributed by atoms with Crippen LogP contribution in [0.25, 0.3) is 0 Å². The first-order valence-corrected chi connectivity index (χ1v) is 9.02. The molecular formula is C24H31Zr. The molecule has 1 aliphatic rings. The second-order valence-electron chi connectivity index (χ2n) is 5.95. The molecule has 1 atom stereocenters. The van der Waals surface area contributed by atoms with E-state index in [4.69, 9.17) is 0 Å². The molecule has 0 amide bonds. The van der Waals surface area contributed by atoms with Gasteiger partial charge in [-0.1, -0.05) is 70.0 Å². The van der Waals surface area contributed by atoms with Gasteiger partial charge in [-0.3, -0.25) is 0 Å². The molecule has 131 valence electrons. The van der Waals surface area contributed by atoms with Crippen LogP contribution in [0.5, 0.6) is 0 Å². The van der Waals surface area contributed by atoms with Gasteiger partial charge in [-0.25, -0.2) is 0 Å². The molecule has 0 N–H and O–H groups in total. The zero-order chi connectivity index (χ0) is 17.8. The predicted octanol–water partition coefficient (Wildman–Crippen LogP) is 7.17. The van der Waals surface area contributed by atoms with Gasteiger partial charge >= 0.3 is 26.2 Å². The Hall–Kier alpha value is -0.937. The van der Waals surface area contributed by atoms with Crippen LogP contribution >= 0.6 is 0 Å². The topological polar surface area (TPSA) is 0 Å². The van der Waals surface area contributed by atoms with Gasteiger partial charge in [0, 0.05) is 0 Å². The minimum absolute atomic E-state index is 0. The molecule has 0 spiro atoms. The molecule has 0 bridgehead atoms. The van der Waals surface area contributed by atoms with Crippen molar-refractivity contribution in [2.75, 3.05) is 0 Å². The molecule has 2 aromatic carbocycles. The summed E-state index contributed by atoms with van der Waals surface area (Å²) >= 11 is 0. The summed E-state index contributed by atoms with van der Waals surface area (Å²) in [4.78, 5) is 0. The molecule has 0 saturated heterocycles. The zero-order valence-electron chi connectivity index (χ0n) is 16.0. The van der Waals surface area contributed by atoms with E-state index in [1.807, 2.05) is 0 Å². The summed E-state index contributed by atoms with van der Waals surface area (Å²) in [7, 11) is 0. The van der Waals surface area contributed by atoms with Crippen molar-refractivity contribution in [1.29, 1.82) is 0 Å². The van der Waals surface area contributed by atoms with E-state index in [0.717, 1.165) is 12.8 Å². The van der Waals surface area contributed by atoms with E-state index in [1.165, 1.54) is 35.1 Å². The number of fused-ring (bicyclic) bond motifs is 1.